The maximum atomic E-state index is 12.8. The van der Waals surface area contributed by atoms with Gasteiger partial charge in [0, 0.05) is 5.56 Å². The lowest BCUT2D eigenvalue weighted by molar-refractivity contribution is -0.149. The van der Waals surface area contributed by atoms with Crippen LogP contribution in [0, 0.1) is 28.6 Å². The maximum Gasteiger partial charge on any atom is 0.311 e. The lowest BCUT2D eigenvalue weighted by atomic mass is 10.1. The van der Waals surface area contributed by atoms with Crippen LogP contribution in [0.5, 0.6) is 11.5 Å². The monoisotopic (exact) mass is 485 g/mol. The number of carbonyl (C=O) groups is 1. The van der Waals surface area contributed by atoms with Crippen molar-refractivity contribution < 1.29 is 14.3 Å². The number of benzene rings is 2. The zero-order valence-electron chi connectivity index (χ0n) is 16.2. The van der Waals surface area contributed by atoms with Crippen molar-refractivity contribution in [3.8, 4) is 17.6 Å². The molecule has 8 heteroatoms. The van der Waals surface area contributed by atoms with E-state index in [4.69, 9.17) is 55.9 Å². The molecule has 4 atom stereocenters. The zero-order chi connectivity index (χ0) is 22.1. The van der Waals surface area contributed by atoms with E-state index in [0.717, 1.165) is 0 Å². The number of esters is 1. The second-order valence-corrected chi connectivity index (χ2v) is 10.5. The van der Waals surface area contributed by atoms with Crippen LogP contribution in [0.15, 0.2) is 54.6 Å². The molecule has 0 bridgehead atoms. The molecule has 4 nitrogen and oxygen atoms in total. The van der Waals surface area contributed by atoms with Gasteiger partial charge in [-0.05, 0) is 35.6 Å². The van der Waals surface area contributed by atoms with Crippen LogP contribution in [0.1, 0.15) is 25.5 Å². The second kappa shape index (κ2) is 8.85. The van der Waals surface area contributed by atoms with Gasteiger partial charge < -0.3 is 9.47 Å². The molecule has 0 saturated heterocycles. The van der Waals surface area contributed by atoms with Crippen LogP contribution >= 0.6 is 46.4 Å². The molecule has 1 aliphatic rings. The van der Waals surface area contributed by atoms with Crippen molar-refractivity contribution in [3.63, 3.8) is 0 Å². The summed E-state index contributed by atoms with van der Waals surface area (Å²) in [4.78, 5) is 12.8. The Labute approximate surface area is 195 Å². The summed E-state index contributed by atoms with van der Waals surface area (Å²) in [5.74, 6) is -0.327. The lowest BCUT2D eigenvalue weighted by Gasteiger charge is -2.19. The zero-order valence-corrected chi connectivity index (χ0v) is 19.2. The number of alkyl halides is 4. The molecule has 30 heavy (non-hydrogen) atoms. The molecule has 3 rings (SSSR count). The number of nitrogens with zero attached hydrogens (tertiary/aromatic N) is 1. The van der Waals surface area contributed by atoms with E-state index in [0.29, 0.717) is 17.1 Å². The molecule has 0 heterocycles. The van der Waals surface area contributed by atoms with Crippen molar-refractivity contribution in [3.05, 3.63) is 60.2 Å². The fraction of sp³-hybridized carbons (Fsp3) is 0.364. The van der Waals surface area contributed by atoms with E-state index < -0.39 is 32.6 Å². The van der Waals surface area contributed by atoms with Gasteiger partial charge in [0.25, 0.3) is 0 Å². The fourth-order valence-corrected chi connectivity index (χ4v) is 4.48. The molecule has 2 aromatic carbocycles. The molecule has 0 N–H and O–H groups in total. The van der Waals surface area contributed by atoms with E-state index in [2.05, 4.69) is 0 Å². The van der Waals surface area contributed by atoms with Crippen LogP contribution in [-0.4, -0.2) is 15.1 Å². The highest BCUT2D eigenvalue weighted by molar-refractivity contribution is 6.70. The van der Waals surface area contributed by atoms with Crippen molar-refractivity contribution >= 4 is 52.4 Å². The maximum absolute atomic E-state index is 12.8. The first-order valence-electron chi connectivity index (χ1n) is 9.19. The Morgan fingerprint density at radius 1 is 1.10 bits per heavy atom. The van der Waals surface area contributed by atoms with Gasteiger partial charge in [0.15, 0.2) is 0 Å². The Kier molecular flexibility index (Phi) is 6.79. The van der Waals surface area contributed by atoms with Gasteiger partial charge in [0.1, 0.15) is 17.6 Å². The number of hydrogen-bond acceptors (Lipinski definition) is 4. The quantitative estimate of drug-likeness (QED) is 0.331. The van der Waals surface area contributed by atoms with Crippen molar-refractivity contribution in [1.82, 2.24) is 0 Å². The summed E-state index contributed by atoms with van der Waals surface area (Å²) in [5.41, 5.74) is -0.0100. The van der Waals surface area contributed by atoms with E-state index in [1.54, 1.807) is 24.3 Å². The average molecular weight is 487 g/mol. The van der Waals surface area contributed by atoms with Crippen molar-refractivity contribution in [1.29, 1.82) is 5.26 Å². The SMILES string of the molecule is CC1(C)[C@H]([C@H](Cl)C(Cl)(Cl)Cl)[C@H]1C(=O)O[C@@H](C#N)c1cccc(Oc2ccccc2)c1. The summed E-state index contributed by atoms with van der Waals surface area (Å²) in [7, 11) is 0. The Bertz CT molecular complexity index is 953. The highest BCUT2D eigenvalue weighted by Crippen LogP contribution is 2.64. The molecular formula is C22H19Cl4NO3. The lowest BCUT2D eigenvalue weighted by Crippen LogP contribution is -2.25. The Morgan fingerprint density at radius 3 is 2.33 bits per heavy atom. The van der Waals surface area contributed by atoms with Crippen molar-refractivity contribution in [2.45, 2.75) is 29.1 Å². The number of hydrogen-bond donors (Lipinski definition) is 0. The first kappa shape index (κ1) is 23.0. The van der Waals surface area contributed by atoms with Crippen LogP contribution in [-0.2, 0) is 9.53 Å². The number of halogens is 4. The Hall–Kier alpha value is -1.64. The molecule has 158 valence electrons. The molecule has 1 saturated carbocycles. The normalized spacial score (nSPS) is 21.8. The molecule has 1 fully saturated rings. The van der Waals surface area contributed by atoms with Crippen molar-refractivity contribution in [2.75, 3.05) is 0 Å². The third-order valence-electron chi connectivity index (χ3n) is 5.28. The minimum Gasteiger partial charge on any atom is -0.457 e. The van der Waals surface area contributed by atoms with Crippen LogP contribution in [0.25, 0.3) is 0 Å². The first-order chi connectivity index (χ1) is 14.1. The minimum atomic E-state index is -1.71. The molecule has 0 amide bonds. The highest BCUT2D eigenvalue weighted by atomic mass is 35.6. The number of nitriles is 1. The predicted octanol–water partition coefficient (Wildman–Crippen LogP) is 6.84. The smallest absolute Gasteiger partial charge is 0.311 e. The summed E-state index contributed by atoms with van der Waals surface area (Å²) in [5, 5.41) is 8.73. The van der Waals surface area contributed by atoms with Gasteiger partial charge in [0.05, 0.1) is 11.3 Å². The van der Waals surface area contributed by atoms with Gasteiger partial charge in [-0.1, -0.05) is 79.0 Å². The highest BCUT2D eigenvalue weighted by Gasteiger charge is 2.68. The summed E-state index contributed by atoms with van der Waals surface area (Å²) in [6.07, 6.45) is -1.10. The molecule has 0 spiro atoms. The molecule has 0 aromatic heterocycles. The van der Waals surface area contributed by atoms with E-state index in [-0.39, 0.29) is 5.92 Å². The van der Waals surface area contributed by atoms with Gasteiger partial charge in [-0.2, -0.15) is 5.26 Å². The van der Waals surface area contributed by atoms with E-state index >= 15 is 0 Å². The standard InChI is InChI=1S/C22H19Cl4NO3/c1-21(2)17(19(23)22(24,25)26)18(21)20(28)30-16(12-27)13-7-6-10-15(11-13)29-14-8-4-3-5-9-14/h3-11,16-19H,1-2H3/t16-,17-,18-,19-/m0/s1. The molecule has 0 unspecified atom stereocenters. The van der Waals surface area contributed by atoms with Gasteiger partial charge in [-0.3, -0.25) is 4.79 Å². The van der Waals surface area contributed by atoms with Crippen LogP contribution < -0.4 is 4.74 Å². The first-order valence-corrected chi connectivity index (χ1v) is 10.8. The van der Waals surface area contributed by atoms with Gasteiger partial charge >= 0.3 is 5.97 Å². The molecular weight excluding hydrogens is 468 g/mol. The number of ether oxygens (including phenoxy) is 2. The van der Waals surface area contributed by atoms with Gasteiger partial charge in [0.2, 0.25) is 9.90 Å². The van der Waals surface area contributed by atoms with Crippen LogP contribution in [0.4, 0.5) is 0 Å². The van der Waals surface area contributed by atoms with Gasteiger partial charge in [-0.15, -0.1) is 11.6 Å². The predicted molar refractivity (Wildman–Crippen MR) is 118 cm³/mol. The molecule has 1 aliphatic carbocycles. The summed E-state index contributed by atoms with van der Waals surface area (Å²) in [6.45, 7) is 3.70. The summed E-state index contributed by atoms with van der Waals surface area (Å²) in [6, 6.07) is 18.1. The molecule has 2 aromatic rings. The summed E-state index contributed by atoms with van der Waals surface area (Å²) >= 11 is 24.0. The third-order valence-corrected chi connectivity index (χ3v) is 6.92. The number of rotatable bonds is 6. The van der Waals surface area contributed by atoms with Crippen molar-refractivity contribution in [2.24, 2.45) is 17.3 Å². The second-order valence-electron chi connectivity index (χ2n) is 7.70. The largest absolute Gasteiger partial charge is 0.457 e. The Morgan fingerprint density at radius 2 is 1.73 bits per heavy atom. The Balaban J connectivity index is 1.72. The minimum absolute atomic E-state index is 0.383. The average Bonchev–Trinajstić information content (AvgIpc) is 3.27. The van der Waals surface area contributed by atoms with E-state index in [1.165, 1.54) is 0 Å². The third kappa shape index (κ3) is 4.98. The molecule has 0 radical (unpaired) electrons. The van der Waals surface area contributed by atoms with E-state index in [9.17, 15) is 10.1 Å². The van der Waals surface area contributed by atoms with E-state index in [1.807, 2.05) is 50.2 Å². The molecule has 0 aliphatic heterocycles. The van der Waals surface area contributed by atoms with Crippen LogP contribution in [0.2, 0.25) is 0 Å². The number of carbonyl (C=O) groups excluding carboxylic acids is 1. The van der Waals surface area contributed by atoms with Gasteiger partial charge in [-0.25, -0.2) is 0 Å². The number of para-hydroxylation sites is 1. The fourth-order valence-electron chi connectivity index (χ4n) is 3.60. The van der Waals surface area contributed by atoms with Crippen LogP contribution in [0.3, 0.4) is 0 Å². The topological polar surface area (TPSA) is 59.3 Å². The summed E-state index contributed by atoms with van der Waals surface area (Å²) < 4.78 is 9.57.